The molecular formula is C10H21N3O2. The zero-order valence-electron chi connectivity index (χ0n) is 12.2. The largest absolute Gasteiger partial charge is 0.458 e. The van der Waals surface area contributed by atoms with Crippen LogP contribution < -0.4 is 11.5 Å². The number of esters is 1. The summed E-state index contributed by atoms with van der Waals surface area (Å²) < 4.78 is 22.9. The second kappa shape index (κ2) is 6.86. The van der Waals surface area contributed by atoms with Crippen LogP contribution in [0.25, 0.3) is 0 Å². The number of ether oxygens (including phenoxy) is 1. The second-order valence-corrected chi connectivity index (χ2v) is 3.47. The molecule has 0 radical (unpaired) electrons. The lowest BCUT2D eigenvalue weighted by Crippen LogP contribution is -2.30. The Hall–Kier alpha value is -1.52. The predicted molar refractivity (Wildman–Crippen MR) is 62.4 cm³/mol. The smallest absolute Gasteiger partial charge is 0.328 e. The highest BCUT2D eigenvalue weighted by Crippen LogP contribution is 2.14. The van der Waals surface area contributed by atoms with Crippen LogP contribution in [0.3, 0.4) is 0 Å². The maximum absolute atomic E-state index is 11.2. The van der Waals surface area contributed by atoms with Gasteiger partial charge in [0.15, 0.2) is 5.96 Å². The van der Waals surface area contributed by atoms with Crippen molar-refractivity contribution in [3.05, 3.63) is 12.7 Å². The summed E-state index contributed by atoms with van der Waals surface area (Å²) >= 11 is 0. The van der Waals surface area contributed by atoms with Crippen molar-refractivity contribution in [3.8, 4) is 0 Å². The molecule has 0 unspecified atom stereocenters. The molecule has 5 heteroatoms. The van der Waals surface area contributed by atoms with Gasteiger partial charge in [-0.2, -0.15) is 0 Å². The van der Waals surface area contributed by atoms with Gasteiger partial charge in [-0.15, -0.1) is 6.58 Å². The summed E-state index contributed by atoms with van der Waals surface area (Å²) in [7, 11) is -1.42. The lowest BCUT2D eigenvalue weighted by molar-refractivity contribution is -0.154. The van der Waals surface area contributed by atoms with E-state index in [0.29, 0.717) is 6.42 Å². The number of hydrogen-bond donors (Lipinski definition) is 2. The lowest BCUT2D eigenvalue weighted by Gasteiger charge is -2.22. The maximum atomic E-state index is 11.2. The second-order valence-electron chi connectivity index (χ2n) is 3.47. The van der Waals surface area contributed by atoms with Gasteiger partial charge in [0.05, 0.1) is 0 Å². The summed E-state index contributed by atoms with van der Waals surface area (Å²) in [5.74, 6) is -0.575. The van der Waals surface area contributed by atoms with Crippen molar-refractivity contribution >= 4 is 11.9 Å². The van der Waals surface area contributed by atoms with E-state index >= 15 is 0 Å². The quantitative estimate of drug-likeness (QED) is 0.309. The minimum atomic E-state index is -1.42. The highest BCUT2D eigenvalue weighted by Gasteiger charge is 2.20. The van der Waals surface area contributed by atoms with Gasteiger partial charge in [0, 0.05) is 10.5 Å². The highest BCUT2D eigenvalue weighted by atomic mass is 16.6. The molecule has 0 aromatic carbocycles. The molecule has 0 heterocycles. The first-order valence-electron chi connectivity index (χ1n) is 5.99. The first kappa shape index (κ1) is 10.0. The van der Waals surface area contributed by atoms with Crippen molar-refractivity contribution in [1.29, 1.82) is 0 Å². The van der Waals surface area contributed by atoms with E-state index in [-0.39, 0.29) is 12.5 Å². The highest BCUT2D eigenvalue weighted by molar-refractivity contribution is 5.80. The van der Waals surface area contributed by atoms with E-state index < -0.39 is 18.9 Å². The molecule has 0 fully saturated rings. The van der Waals surface area contributed by atoms with Gasteiger partial charge in [-0.05, 0) is 13.8 Å². The number of hydrogen-bond acceptors (Lipinski definition) is 3. The van der Waals surface area contributed by atoms with Gasteiger partial charge in [0.2, 0.25) is 0 Å². The first-order chi connectivity index (χ1) is 8.10. The minimum Gasteiger partial charge on any atom is -0.458 e. The van der Waals surface area contributed by atoms with Crippen molar-refractivity contribution in [2.45, 2.75) is 33.2 Å². The van der Waals surface area contributed by atoms with Gasteiger partial charge in [-0.25, -0.2) is 4.99 Å². The third kappa shape index (κ3) is 8.80. The summed E-state index contributed by atoms with van der Waals surface area (Å²) in [6, 6.07) is 0. The Morgan fingerprint density at radius 1 is 1.73 bits per heavy atom. The average Bonchev–Trinajstić information content (AvgIpc) is 2.12. The molecule has 0 aromatic rings. The summed E-state index contributed by atoms with van der Waals surface area (Å²) in [4.78, 5) is 14.7. The molecule has 5 nitrogen and oxygen atoms in total. The van der Waals surface area contributed by atoms with Gasteiger partial charge in [0.1, 0.15) is 12.1 Å². The lowest BCUT2D eigenvalue weighted by atomic mass is 10.1. The van der Waals surface area contributed by atoms with E-state index in [1.807, 2.05) is 0 Å². The zero-order chi connectivity index (χ0) is 14.8. The van der Waals surface area contributed by atoms with Crippen LogP contribution in [0.5, 0.6) is 0 Å². The molecule has 0 rings (SSSR count). The fourth-order valence-electron chi connectivity index (χ4n) is 0.886. The molecule has 0 spiro atoms. The minimum absolute atomic E-state index is 0.122. The molecule has 0 saturated carbocycles. The van der Waals surface area contributed by atoms with E-state index in [4.69, 9.17) is 20.3 Å². The van der Waals surface area contributed by atoms with Crippen LogP contribution in [0.4, 0.5) is 0 Å². The molecule has 0 aromatic heterocycles. The maximum Gasteiger partial charge on any atom is 0.328 e. The third-order valence-corrected chi connectivity index (χ3v) is 1.42. The molecular weight excluding hydrogens is 194 g/mol. The van der Waals surface area contributed by atoms with Crippen molar-refractivity contribution in [1.82, 2.24) is 0 Å². The van der Waals surface area contributed by atoms with E-state index in [2.05, 4.69) is 11.6 Å². The van der Waals surface area contributed by atoms with E-state index in [0.717, 1.165) is 0 Å². The third-order valence-electron chi connectivity index (χ3n) is 1.42. The SMILES string of the molecule is C=CCC(C)(C)OC(=O)CN=C(N)N.[2H]C([2H])[2H]. The molecule has 0 bridgehead atoms. The molecule has 0 aliphatic rings. The molecule has 0 aliphatic heterocycles. The number of carbonyl (C=O) groups excluding carboxylic acids is 1. The van der Waals surface area contributed by atoms with Crippen LogP contribution in [0, 0.1) is 0 Å². The Balaban J connectivity index is 0. The van der Waals surface area contributed by atoms with E-state index in [1.165, 1.54) is 0 Å². The van der Waals surface area contributed by atoms with Gasteiger partial charge >= 0.3 is 5.97 Å². The van der Waals surface area contributed by atoms with Gasteiger partial charge in [-0.1, -0.05) is 13.4 Å². The van der Waals surface area contributed by atoms with Crippen molar-refractivity contribution in [3.63, 3.8) is 0 Å². The molecule has 0 amide bonds. The Kier molecular flexibility index (Phi) is 4.58. The van der Waals surface area contributed by atoms with Gasteiger partial charge in [-0.3, -0.25) is 4.79 Å². The topological polar surface area (TPSA) is 90.7 Å². The number of guanidine groups is 1. The van der Waals surface area contributed by atoms with E-state index in [1.54, 1.807) is 19.9 Å². The number of carbonyl (C=O) groups is 1. The summed E-state index contributed by atoms with van der Waals surface area (Å²) in [6.07, 6.45) is 2.27. The predicted octanol–water partition coefficient (Wildman–Crippen LogP) is 0.794. The zero-order valence-corrected chi connectivity index (χ0v) is 9.19. The molecule has 0 aliphatic carbocycles. The first-order valence-corrected chi connectivity index (χ1v) is 4.25. The summed E-state index contributed by atoms with van der Waals surface area (Å²) in [5, 5.41) is 0. The molecule has 0 atom stereocenters. The number of rotatable bonds is 5. The van der Waals surface area contributed by atoms with Crippen molar-refractivity contribution in [2.24, 2.45) is 16.5 Å². The standard InChI is InChI=1S/C9H17N3O2.CH4/c1-4-5-9(2,3)14-7(13)6-12-8(10)11;/h4H,1,5-6H2,2-3H3,(H4,10,11,12);1H4/i;1D3. The molecule has 0 saturated heterocycles. The summed E-state index contributed by atoms with van der Waals surface area (Å²) in [6.45, 7) is 7.01. The van der Waals surface area contributed by atoms with Gasteiger partial charge < -0.3 is 16.2 Å². The number of nitrogens with two attached hydrogens (primary N) is 2. The Morgan fingerprint density at radius 2 is 2.27 bits per heavy atom. The Labute approximate surface area is 95.4 Å². The van der Waals surface area contributed by atoms with Crippen LogP contribution >= 0.6 is 0 Å². The fourth-order valence-corrected chi connectivity index (χ4v) is 0.886. The Bertz CT molecular complexity index is 287. The van der Waals surface area contributed by atoms with Crippen LogP contribution in [0.1, 0.15) is 31.7 Å². The number of nitrogens with zero attached hydrogens (tertiary/aromatic N) is 1. The Morgan fingerprint density at radius 3 is 2.67 bits per heavy atom. The van der Waals surface area contributed by atoms with Crippen molar-refractivity contribution < 1.29 is 13.6 Å². The normalized spacial score (nSPS) is 12.3. The van der Waals surface area contributed by atoms with Crippen LogP contribution in [-0.4, -0.2) is 24.1 Å². The van der Waals surface area contributed by atoms with Gasteiger partial charge in [0.25, 0.3) is 0 Å². The molecule has 15 heavy (non-hydrogen) atoms. The average molecular weight is 218 g/mol. The summed E-state index contributed by atoms with van der Waals surface area (Å²) in [5.41, 5.74) is 9.58. The van der Waals surface area contributed by atoms with Crippen molar-refractivity contribution in [2.75, 3.05) is 6.54 Å². The van der Waals surface area contributed by atoms with E-state index in [9.17, 15) is 4.79 Å². The monoisotopic (exact) mass is 218 g/mol. The van der Waals surface area contributed by atoms with Crippen LogP contribution in [0.15, 0.2) is 17.6 Å². The number of aliphatic imine (C=N–C) groups is 1. The molecule has 88 valence electrons. The fraction of sp³-hybridized carbons (Fsp3) is 0.600. The van der Waals surface area contributed by atoms with Crippen LogP contribution in [0.2, 0.25) is 0 Å². The molecule has 4 N–H and O–H groups in total. The van der Waals surface area contributed by atoms with Crippen LogP contribution in [-0.2, 0) is 9.53 Å².